The fourth-order valence-electron chi connectivity index (χ4n) is 8.15. The van der Waals surface area contributed by atoms with Crippen molar-refractivity contribution < 1.29 is 28.6 Å². The zero-order valence-electron chi connectivity index (χ0n) is 44.9. The maximum Gasteiger partial charge on any atom is 0.306 e. The lowest BCUT2D eigenvalue weighted by atomic mass is 10.0. The minimum Gasteiger partial charge on any atom is -0.462 e. The van der Waals surface area contributed by atoms with E-state index in [0.29, 0.717) is 19.3 Å². The van der Waals surface area contributed by atoms with Gasteiger partial charge in [0.1, 0.15) is 13.2 Å². The van der Waals surface area contributed by atoms with Gasteiger partial charge >= 0.3 is 17.9 Å². The average Bonchev–Trinajstić information content (AvgIpc) is 3.34. The molecule has 0 aromatic heterocycles. The molecule has 0 spiro atoms. The highest BCUT2D eigenvalue weighted by atomic mass is 16.6. The molecular formula is C62H108O6. The monoisotopic (exact) mass is 949 g/mol. The van der Waals surface area contributed by atoms with Crippen molar-refractivity contribution in [2.75, 3.05) is 13.2 Å². The number of carbonyl (C=O) groups is 3. The fraction of sp³-hybridized carbons (Fsp3) is 0.758. The second-order valence-corrected chi connectivity index (χ2v) is 19.2. The van der Waals surface area contributed by atoms with Crippen LogP contribution in [0.2, 0.25) is 0 Å². The molecule has 0 saturated carbocycles. The summed E-state index contributed by atoms with van der Waals surface area (Å²) in [6, 6.07) is 0. The minimum atomic E-state index is -0.774. The van der Waals surface area contributed by atoms with Crippen molar-refractivity contribution in [3.8, 4) is 0 Å². The molecule has 0 aromatic carbocycles. The molecule has 68 heavy (non-hydrogen) atoms. The van der Waals surface area contributed by atoms with Gasteiger partial charge in [0.25, 0.3) is 0 Å². The van der Waals surface area contributed by atoms with E-state index in [2.05, 4.69) is 93.7 Å². The molecule has 392 valence electrons. The third-order valence-corrected chi connectivity index (χ3v) is 12.5. The van der Waals surface area contributed by atoms with Crippen LogP contribution in [0.4, 0.5) is 0 Å². The molecule has 1 atom stereocenters. The molecule has 0 N–H and O–H groups in total. The summed E-state index contributed by atoms with van der Waals surface area (Å²) in [4.78, 5) is 38.0. The summed E-state index contributed by atoms with van der Waals surface area (Å²) in [6.45, 7) is 6.52. The van der Waals surface area contributed by atoms with E-state index in [9.17, 15) is 14.4 Å². The van der Waals surface area contributed by atoms with Gasteiger partial charge in [0.2, 0.25) is 0 Å². The van der Waals surface area contributed by atoms with Gasteiger partial charge in [-0.2, -0.15) is 0 Å². The normalized spacial score (nSPS) is 12.6. The fourth-order valence-corrected chi connectivity index (χ4v) is 8.15. The van der Waals surface area contributed by atoms with Gasteiger partial charge in [-0.3, -0.25) is 14.4 Å². The molecule has 0 saturated heterocycles. The highest BCUT2D eigenvalue weighted by molar-refractivity contribution is 5.71. The first-order valence-electron chi connectivity index (χ1n) is 28.9. The predicted octanol–water partition coefficient (Wildman–Crippen LogP) is 19.4. The van der Waals surface area contributed by atoms with Crippen molar-refractivity contribution in [2.24, 2.45) is 0 Å². The van der Waals surface area contributed by atoms with Crippen LogP contribution in [-0.2, 0) is 28.6 Å². The van der Waals surface area contributed by atoms with Crippen molar-refractivity contribution in [3.63, 3.8) is 0 Å². The van der Waals surface area contributed by atoms with Gasteiger partial charge in [0.05, 0.1) is 0 Å². The van der Waals surface area contributed by atoms with Crippen molar-refractivity contribution in [1.82, 2.24) is 0 Å². The van der Waals surface area contributed by atoms with Gasteiger partial charge in [0.15, 0.2) is 6.10 Å². The Morgan fingerprint density at radius 1 is 0.309 bits per heavy atom. The molecule has 6 nitrogen and oxygen atoms in total. The summed E-state index contributed by atoms with van der Waals surface area (Å²) < 4.78 is 16.8. The van der Waals surface area contributed by atoms with Crippen LogP contribution in [0.1, 0.15) is 284 Å². The summed E-state index contributed by atoms with van der Waals surface area (Å²) in [5.74, 6) is -0.876. The maximum absolute atomic E-state index is 12.8. The Bertz CT molecular complexity index is 1270. The Balaban J connectivity index is 4.22. The molecule has 0 aromatic rings. The molecule has 0 aliphatic carbocycles. The van der Waals surface area contributed by atoms with Crippen LogP contribution in [0.25, 0.3) is 0 Å². The summed E-state index contributed by atoms with van der Waals surface area (Å²) in [7, 11) is 0. The lowest BCUT2D eigenvalue weighted by molar-refractivity contribution is -0.167. The summed E-state index contributed by atoms with van der Waals surface area (Å²) >= 11 is 0. The summed E-state index contributed by atoms with van der Waals surface area (Å²) in [5.41, 5.74) is 0. The summed E-state index contributed by atoms with van der Waals surface area (Å²) in [6.07, 6.45) is 71.9. The molecule has 6 heteroatoms. The number of unbranched alkanes of at least 4 members (excludes halogenated alkanes) is 29. The summed E-state index contributed by atoms with van der Waals surface area (Å²) in [5, 5.41) is 0. The second kappa shape index (κ2) is 56.4. The van der Waals surface area contributed by atoms with E-state index in [0.717, 1.165) is 103 Å². The Morgan fingerprint density at radius 3 is 0.897 bits per heavy atom. The molecule has 0 fully saturated rings. The number of rotatable bonds is 52. The van der Waals surface area contributed by atoms with Gasteiger partial charge < -0.3 is 14.2 Å². The van der Waals surface area contributed by atoms with Gasteiger partial charge in [0, 0.05) is 19.3 Å². The molecule has 0 heterocycles. The van der Waals surface area contributed by atoms with E-state index in [1.807, 2.05) is 0 Å². The lowest BCUT2D eigenvalue weighted by Gasteiger charge is -2.18. The van der Waals surface area contributed by atoms with E-state index >= 15 is 0 Å². The largest absolute Gasteiger partial charge is 0.462 e. The van der Waals surface area contributed by atoms with Gasteiger partial charge in [-0.1, -0.05) is 267 Å². The lowest BCUT2D eigenvalue weighted by Crippen LogP contribution is -2.30. The van der Waals surface area contributed by atoms with Crippen LogP contribution in [0.3, 0.4) is 0 Å². The van der Waals surface area contributed by atoms with Crippen LogP contribution >= 0.6 is 0 Å². The third kappa shape index (κ3) is 53.8. The molecule has 0 bridgehead atoms. The van der Waals surface area contributed by atoms with Crippen molar-refractivity contribution in [1.29, 1.82) is 0 Å². The van der Waals surface area contributed by atoms with Gasteiger partial charge in [-0.05, 0) is 70.6 Å². The zero-order valence-corrected chi connectivity index (χ0v) is 44.9. The molecule has 0 aliphatic heterocycles. The first-order valence-corrected chi connectivity index (χ1v) is 28.9. The topological polar surface area (TPSA) is 78.9 Å². The van der Waals surface area contributed by atoms with E-state index in [-0.39, 0.29) is 31.1 Å². The minimum absolute atomic E-state index is 0.0740. The Hall–Kier alpha value is -3.15. The van der Waals surface area contributed by atoms with E-state index < -0.39 is 6.10 Å². The molecule has 1 unspecified atom stereocenters. The van der Waals surface area contributed by atoms with Crippen LogP contribution in [0, 0.1) is 0 Å². The number of ether oxygens (including phenoxy) is 3. The van der Waals surface area contributed by atoms with Crippen molar-refractivity contribution in [3.05, 3.63) is 72.9 Å². The van der Waals surface area contributed by atoms with Gasteiger partial charge in [-0.25, -0.2) is 0 Å². The van der Waals surface area contributed by atoms with Crippen molar-refractivity contribution in [2.45, 2.75) is 290 Å². The number of hydrogen-bond donors (Lipinski definition) is 0. The average molecular weight is 950 g/mol. The first kappa shape index (κ1) is 64.8. The molecule has 0 amide bonds. The first-order chi connectivity index (χ1) is 33.5. The highest BCUT2D eigenvalue weighted by Crippen LogP contribution is 2.16. The van der Waals surface area contributed by atoms with Crippen LogP contribution in [0.5, 0.6) is 0 Å². The quantitative estimate of drug-likeness (QED) is 0.0262. The zero-order chi connectivity index (χ0) is 49.3. The maximum atomic E-state index is 12.8. The molecule has 0 radical (unpaired) electrons. The number of esters is 3. The van der Waals surface area contributed by atoms with Gasteiger partial charge in [-0.15, -0.1) is 0 Å². The smallest absolute Gasteiger partial charge is 0.306 e. The molecule has 0 rings (SSSR count). The van der Waals surface area contributed by atoms with Crippen LogP contribution < -0.4 is 0 Å². The Labute approximate surface area is 421 Å². The SMILES string of the molecule is CC/C=C\C/C=C\C/C=C\C/C=C\C/C=C\C/C=C\CCCCCCCCCCC(=O)OCC(COC(=O)CCCCCCCCCCC)OC(=O)CCCCCCCCCCCCCCCC. The Morgan fingerprint density at radius 2 is 0.574 bits per heavy atom. The van der Waals surface area contributed by atoms with E-state index in [1.54, 1.807) is 0 Å². The third-order valence-electron chi connectivity index (χ3n) is 12.5. The Kier molecular flexibility index (Phi) is 53.8. The number of hydrogen-bond acceptors (Lipinski definition) is 6. The van der Waals surface area contributed by atoms with Crippen LogP contribution in [0.15, 0.2) is 72.9 Å². The molecular weight excluding hydrogens is 841 g/mol. The van der Waals surface area contributed by atoms with Crippen LogP contribution in [-0.4, -0.2) is 37.2 Å². The molecule has 0 aliphatic rings. The predicted molar refractivity (Wildman–Crippen MR) is 293 cm³/mol. The standard InChI is InChI=1S/C62H108O6/c1-4-7-10-13-16-19-21-23-25-26-27-28-29-30-31-32-33-34-35-36-37-39-40-43-46-49-52-55-61(64)67-58-59(57-66-60(63)54-51-48-45-42-18-15-12-9-6-3)68-62(65)56-53-50-47-44-41-38-24-22-20-17-14-11-8-5-2/h7,10,16,19,23,25,27-28,30-31,33-34,59H,4-6,8-9,11-15,17-18,20-22,24,26,29,32,35-58H2,1-3H3/b10-7-,19-16-,25-23-,28-27-,31-30-,34-33-. The number of allylic oxidation sites excluding steroid dienone is 12. The van der Waals surface area contributed by atoms with Crippen molar-refractivity contribution >= 4 is 17.9 Å². The number of carbonyl (C=O) groups excluding carboxylic acids is 3. The van der Waals surface area contributed by atoms with E-state index in [1.165, 1.54) is 141 Å². The highest BCUT2D eigenvalue weighted by Gasteiger charge is 2.19. The second-order valence-electron chi connectivity index (χ2n) is 19.2. The van der Waals surface area contributed by atoms with E-state index in [4.69, 9.17) is 14.2 Å².